The molecule has 0 bridgehead atoms. The highest BCUT2D eigenvalue weighted by Crippen LogP contribution is 2.24. The van der Waals surface area contributed by atoms with Crippen LogP contribution in [0, 0.1) is 0 Å². The summed E-state index contributed by atoms with van der Waals surface area (Å²) in [6, 6.07) is 11.7. The van der Waals surface area contributed by atoms with Gasteiger partial charge in [0.15, 0.2) is 0 Å². The Morgan fingerprint density at radius 2 is 1.95 bits per heavy atom. The van der Waals surface area contributed by atoms with Gasteiger partial charge in [-0.1, -0.05) is 37.6 Å². The first-order chi connectivity index (χ1) is 10.2. The van der Waals surface area contributed by atoms with Crippen molar-refractivity contribution in [2.75, 3.05) is 26.2 Å². The van der Waals surface area contributed by atoms with Crippen molar-refractivity contribution < 1.29 is 4.42 Å². The van der Waals surface area contributed by atoms with Gasteiger partial charge in [-0.15, -0.1) is 0 Å². The Bertz CT molecular complexity index is 549. The van der Waals surface area contributed by atoms with Gasteiger partial charge in [-0.05, 0) is 37.4 Å². The number of halogens is 1. The Balaban J connectivity index is 1.83. The second kappa shape index (κ2) is 8.23. The van der Waals surface area contributed by atoms with Gasteiger partial charge in [-0.25, -0.2) is 0 Å². The smallest absolute Gasteiger partial charge is 0.134 e. The SMILES string of the molecule is CCN(CC)CCNCc1ccc(-c2cccc(Cl)c2)o1. The van der Waals surface area contributed by atoms with Gasteiger partial charge in [0.05, 0.1) is 6.54 Å². The molecule has 0 radical (unpaired) electrons. The van der Waals surface area contributed by atoms with Crippen molar-refractivity contribution in [2.24, 2.45) is 0 Å². The number of hydrogen-bond acceptors (Lipinski definition) is 3. The Morgan fingerprint density at radius 1 is 1.14 bits per heavy atom. The summed E-state index contributed by atoms with van der Waals surface area (Å²) in [4.78, 5) is 2.40. The summed E-state index contributed by atoms with van der Waals surface area (Å²) in [5.74, 6) is 1.81. The third kappa shape index (κ3) is 4.88. The monoisotopic (exact) mass is 306 g/mol. The summed E-state index contributed by atoms with van der Waals surface area (Å²) in [6.45, 7) is 9.35. The summed E-state index contributed by atoms with van der Waals surface area (Å²) in [7, 11) is 0. The number of nitrogens with zero attached hydrogens (tertiary/aromatic N) is 1. The molecule has 1 heterocycles. The number of hydrogen-bond donors (Lipinski definition) is 1. The minimum absolute atomic E-state index is 0.725. The van der Waals surface area contributed by atoms with Crippen molar-refractivity contribution in [2.45, 2.75) is 20.4 Å². The number of likely N-dealkylation sites (N-methyl/N-ethyl adjacent to an activating group) is 1. The van der Waals surface area contributed by atoms with E-state index < -0.39 is 0 Å². The summed E-state index contributed by atoms with van der Waals surface area (Å²) < 4.78 is 5.85. The van der Waals surface area contributed by atoms with E-state index in [2.05, 4.69) is 24.1 Å². The number of rotatable bonds is 8. The van der Waals surface area contributed by atoms with Gasteiger partial charge in [0, 0.05) is 23.7 Å². The molecule has 2 aromatic rings. The van der Waals surface area contributed by atoms with Crippen LogP contribution < -0.4 is 5.32 Å². The average molecular weight is 307 g/mol. The minimum Gasteiger partial charge on any atom is -0.460 e. The summed E-state index contributed by atoms with van der Waals surface area (Å²) in [6.07, 6.45) is 0. The quantitative estimate of drug-likeness (QED) is 0.746. The molecule has 0 spiro atoms. The molecular weight excluding hydrogens is 284 g/mol. The van der Waals surface area contributed by atoms with Crippen molar-refractivity contribution in [1.82, 2.24) is 10.2 Å². The van der Waals surface area contributed by atoms with E-state index in [4.69, 9.17) is 16.0 Å². The third-order valence-electron chi connectivity index (χ3n) is 3.57. The minimum atomic E-state index is 0.725. The molecule has 4 heteroatoms. The fourth-order valence-electron chi connectivity index (χ4n) is 2.26. The fourth-order valence-corrected chi connectivity index (χ4v) is 2.45. The van der Waals surface area contributed by atoms with Crippen LogP contribution in [-0.2, 0) is 6.54 Å². The van der Waals surface area contributed by atoms with Gasteiger partial charge in [0.25, 0.3) is 0 Å². The van der Waals surface area contributed by atoms with E-state index in [9.17, 15) is 0 Å². The van der Waals surface area contributed by atoms with Crippen LogP contribution in [0.3, 0.4) is 0 Å². The Kier molecular flexibility index (Phi) is 6.30. The summed E-state index contributed by atoms with van der Waals surface area (Å²) in [5, 5.41) is 4.14. The molecule has 0 amide bonds. The Labute approximate surface area is 131 Å². The van der Waals surface area contributed by atoms with E-state index in [1.165, 1.54) is 0 Å². The van der Waals surface area contributed by atoms with Crippen LogP contribution in [0.5, 0.6) is 0 Å². The maximum Gasteiger partial charge on any atom is 0.134 e. The Morgan fingerprint density at radius 3 is 2.67 bits per heavy atom. The van der Waals surface area contributed by atoms with Crippen molar-refractivity contribution in [3.05, 3.63) is 47.2 Å². The number of furan rings is 1. The van der Waals surface area contributed by atoms with Crippen molar-refractivity contribution in [1.29, 1.82) is 0 Å². The summed E-state index contributed by atoms with van der Waals surface area (Å²) >= 11 is 6.00. The molecule has 0 aliphatic carbocycles. The van der Waals surface area contributed by atoms with Crippen LogP contribution in [0.2, 0.25) is 5.02 Å². The molecule has 0 saturated heterocycles. The highest BCUT2D eigenvalue weighted by molar-refractivity contribution is 6.30. The molecule has 1 aromatic carbocycles. The van der Waals surface area contributed by atoms with Crippen molar-refractivity contribution >= 4 is 11.6 Å². The molecule has 21 heavy (non-hydrogen) atoms. The molecule has 1 aromatic heterocycles. The predicted octanol–water partition coefficient (Wildman–Crippen LogP) is 4.03. The zero-order valence-electron chi connectivity index (χ0n) is 12.7. The molecule has 114 valence electrons. The highest BCUT2D eigenvalue weighted by Gasteiger charge is 2.05. The zero-order chi connectivity index (χ0) is 15.1. The van der Waals surface area contributed by atoms with Crippen LogP contribution in [0.15, 0.2) is 40.8 Å². The lowest BCUT2D eigenvalue weighted by Crippen LogP contribution is -2.31. The van der Waals surface area contributed by atoms with E-state index in [1.807, 2.05) is 36.4 Å². The molecule has 0 unspecified atom stereocenters. The second-order valence-electron chi connectivity index (χ2n) is 4.98. The van der Waals surface area contributed by atoms with Crippen molar-refractivity contribution in [3.63, 3.8) is 0 Å². The van der Waals surface area contributed by atoms with E-state index >= 15 is 0 Å². The van der Waals surface area contributed by atoms with Crippen molar-refractivity contribution in [3.8, 4) is 11.3 Å². The van der Waals surface area contributed by atoms with Crippen LogP contribution in [0.25, 0.3) is 11.3 Å². The first kappa shape index (κ1) is 16.1. The lowest BCUT2D eigenvalue weighted by Gasteiger charge is -2.17. The predicted molar refractivity (Wildman–Crippen MR) is 88.6 cm³/mol. The van der Waals surface area contributed by atoms with Crippen LogP contribution >= 0.6 is 11.6 Å². The van der Waals surface area contributed by atoms with Crippen LogP contribution in [0.1, 0.15) is 19.6 Å². The van der Waals surface area contributed by atoms with Gasteiger partial charge >= 0.3 is 0 Å². The van der Waals surface area contributed by atoms with Gasteiger partial charge in [-0.2, -0.15) is 0 Å². The lowest BCUT2D eigenvalue weighted by molar-refractivity contribution is 0.300. The maximum atomic E-state index is 6.00. The van der Waals surface area contributed by atoms with Crippen LogP contribution in [-0.4, -0.2) is 31.1 Å². The molecule has 0 aliphatic heterocycles. The highest BCUT2D eigenvalue weighted by atomic mass is 35.5. The first-order valence-corrected chi connectivity index (χ1v) is 7.88. The van der Waals surface area contributed by atoms with E-state index in [1.54, 1.807) is 0 Å². The summed E-state index contributed by atoms with van der Waals surface area (Å²) in [5.41, 5.74) is 1.01. The number of nitrogens with one attached hydrogen (secondary N) is 1. The largest absolute Gasteiger partial charge is 0.460 e. The second-order valence-corrected chi connectivity index (χ2v) is 5.42. The standard InChI is InChI=1S/C17H23ClN2O/c1-3-20(4-2)11-10-19-13-16-8-9-17(21-16)14-6-5-7-15(18)12-14/h5-9,12,19H,3-4,10-11,13H2,1-2H3. The van der Waals surface area contributed by atoms with E-state index in [-0.39, 0.29) is 0 Å². The lowest BCUT2D eigenvalue weighted by atomic mass is 10.2. The van der Waals surface area contributed by atoms with E-state index in [0.29, 0.717) is 0 Å². The van der Waals surface area contributed by atoms with Gasteiger partial charge in [0.1, 0.15) is 11.5 Å². The van der Waals surface area contributed by atoms with E-state index in [0.717, 1.165) is 54.8 Å². The molecule has 0 aliphatic rings. The first-order valence-electron chi connectivity index (χ1n) is 7.50. The Hall–Kier alpha value is -1.29. The van der Waals surface area contributed by atoms with Gasteiger partial charge in [0.2, 0.25) is 0 Å². The van der Waals surface area contributed by atoms with Gasteiger partial charge < -0.3 is 14.6 Å². The molecule has 0 fully saturated rings. The molecule has 0 atom stereocenters. The molecular formula is C17H23ClN2O. The molecule has 3 nitrogen and oxygen atoms in total. The molecule has 1 N–H and O–H groups in total. The fraction of sp³-hybridized carbons (Fsp3) is 0.412. The number of benzene rings is 1. The zero-order valence-corrected chi connectivity index (χ0v) is 13.5. The average Bonchev–Trinajstić information content (AvgIpc) is 2.96. The third-order valence-corrected chi connectivity index (χ3v) is 3.80. The molecule has 2 rings (SSSR count). The van der Waals surface area contributed by atoms with Crippen LogP contribution in [0.4, 0.5) is 0 Å². The van der Waals surface area contributed by atoms with Gasteiger partial charge in [-0.3, -0.25) is 0 Å². The maximum absolute atomic E-state index is 6.00. The normalized spacial score (nSPS) is 11.2. The molecule has 0 saturated carbocycles. The topological polar surface area (TPSA) is 28.4 Å².